The van der Waals surface area contributed by atoms with E-state index in [0.29, 0.717) is 18.4 Å². The summed E-state index contributed by atoms with van der Waals surface area (Å²) in [7, 11) is 0. The largest absolute Gasteiger partial charge is 0.396 e. The molecule has 14 heavy (non-hydrogen) atoms. The van der Waals surface area contributed by atoms with E-state index in [1.54, 1.807) is 0 Å². The molecule has 3 heteroatoms. The lowest BCUT2D eigenvalue weighted by Gasteiger charge is -2.18. The van der Waals surface area contributed by atoms with Crippen molar-refractivity contribution >= 4 is 11.3 Å². The van der Waals surface area contributed by atoms with Gasteiger partial charge < -0.3 is 5.11 Å². The number of hydrogen-bond donors (Lipinski definition) is 1. The van der Waals surface area contributed by atoms with Gasteiger partial charge in [-0.25, -0.2) is 4.98 Å². The summed E-state index contributed by atoms with van der Waals surface area (Å²) in [6.45, 7) is 4.69. The van der Waals surface area contributed by atoms with Crippen LogP contribution in [-0.2, 0) is 12.8 Å². The summed E-state index contributed by atoms with van der Waals surface area (Å²) in [5, 5.41) is 10.4. The molecule has 0 fully saturated rings. The lowest BCUT2D eigenvalue weighted by atomic mass is 9.92. The van der Waals surface area contributed by atoms with Crippen LogP contribution in [0, 0.1) is 5.92 Å². The molecule has 2 rings (SSSR count). The standard InChI is InChI=1S/C11H17NOS/c1-7(2)11-12-9-5-8(6-13)3-4-10(9)14-11/h7-8,13H,3-6H2,1-2H3. The molecule has 1 aliphatic rings. The van der Waals surface area contributed by atoms with Gasteiger partial charge in [0.05, 0.1) is 10.7 Å². The maximum absolute atomic E-state index is 9.11. The molecule has 78 valence electrons. The molecule has 1 aromatic rings. The first-order valence-electron chi connectivity index (χ1n) is 5.30. The number of aliphatic hydroxyl groups is 1. The van der Waals surface area contributed by atoms with Gasteiger partial charge in [0, 0.05) is 17.4 Å². The Hall–Kier alpha value is -0.410. The van der Waals surface area contributed by atoms with Crippen LogP contribution < -0.4 is 0 Å². The molecule has 2 nitrogen and oxygen atoms in total. The van der Waals surface area contributed by atoms with Crippen LogP contribution in [0.2, 0.25) is 0 Å². The number of nitrogens with zero attached hydrogens (tertiary/aromatic N) is 1. The Balaban J connectivity index is 2.21. The lowest BCUT2D eigenvalue weighted by Crippen LogP contribution is -2.16. The second kappa shape index (κ2) is 3.99. The molecular formula is C11H17NOS. The van der Waals surface area contributed by atoms with Crippen molar-refractivity contribution in [1.82, 2.24) is 4.98 Å². The number of aliphatic hydroxyl groups excluding tert-OH is 1. The summed E-state index contributed by atoms with van der Waals surface area (Å²) in [6.07, 6.45) is 3.23. The van der Waals surface area contributed by atoms with E-state index in [4.69, 9.17) is 5.11 Å². The average molecular weight is 211 g/mol. The fourth-order valence-electron chi connectivity index (χ4n) is 1.87. The summed E-state index contributed by atoms with van der Waals surface area (Å²) in [5.74, 6) is 0.989. The van der Waals surface area contributed by atoms with E-state index in [2.05, 4.69) is 18.8 Å². The molecule has 0 aromatic carbocycles. The van der Waals surface area contributed by atoms with Crippen LogP contribution in [0.5, 0.6) is 0 Å². The predicted molar refractivity (Wildman–Crippen MR) is 58.8 cm³/mol. The first-order chi connectivity index (χ1) is 6.70. The molecular weight excluding hydrogens is 194 g/mol. The average Bonchev–Trinajstić information content (AvgIpc) is 2.59. The summed E-state index contributed by atoms with van der Waals surface area (Å²) in [4.78, 5) is 6.11. The van der Waals surface area contributed by atoms with E-state index in [9.17, 15) is 0 Å². The Morgan fingerprint density at radius 1 is 1.57 bits per heavy atom. The predicted octanol–water partition coefficient (Wildman–Crippen LogP) is 2.36. The minimum absolute atomic E-state index is 0.313. The zero-order valence-corrected chi connectivity index (χ0v) is 9.60. The van der Waals surface area contributed by atoms with Gasteiger partial charge in [-0.15, -0.1) is 11.3 Å². The summed E-state index contributed by atoms with van der Waals surface area (Å²) >= 11 is 1.86. The number of aromatic nitrogens is 1. The van der Waals surface area contributed by atoms with Crippen molar-refractivity contribution in [3.8, 4) is 0 Å². The third-order valence-electron chi connectivity index (χ3n) is 2.81. The third kappa shape index (κ3) is 1.84. The van der Waals surface area contributed by atoms with E-state index < -0.39 is 0 Å². The van der Waals surface area contributed by atoms with E-state index in [0.717, 1.165) is 19.3 Å². The molecule has 1 unspecified atom stereocenters. The van der Waals surface area contributed by atoms with Crippen LogP contribution in [0.3, 0.4) is 0 Å². The molecule has 1 aliphatic carbocycles. The first-order valence-corrected chi connectivity index (χ1v) is 6.11. The smallest absolute Gasteiger partial charge is 0.0956 e. The SMILES string of the molecule is CC(C)c1nc2c(s1)CCC(CO)C2. The molecule has 0 saturated carbocycles. The van der Waals surface area contributed by atoms with Gasteiger partial charge in [0.25, 0.3) is 0 Å². The van der Waals surface area contributed by atoms with Gasteiger partial charge in [-0.3, -0.25) is 0 Å². The van der Waals surface area contributed by atoms with Crippen molar-refractivity contribution in [2.24, 2.45) is 5.92 Å². The fraction of sp³-hybridized carbons (Fsp3) is 0.727. The topological polar surface area (TPSA) is 33.1 Å². The summed E-state index contributed by atoms with van der Waals surface area (Å²) < 4.78 is 0. The van der Waals surface area contributed by atoms with Crippen molar-refractivity contribution in [2.45, 2.75) is 39.0 Å². The van der Waals surface area contributed by atoms with Crippen molar-refractivity contribution < 1.29 is 5.11 Å². The van der Waals surface area contributed by atoms with Gasteiger partial charge in [-0.05, 0) is 25.2 Å². The highest BCUT2D eigenvalue weighted by molar-refractivity contribution is 7.11. The monoisotopic (exact) mass is 211 g/mol. The number of rotatable bonds is 2. The van der Waals surface area contributed by atoms with Gasteiger partial charge >= 0.3 is 0 Å². The number of aryl methyl sites for hydroxylation is 1. The number of hydrogen-bond acceptors (Lipinski definition) is 3. The molecule has 0 saturated heterocycles. The first kappa shape index (κ1) is 10.1. The van der Waals surface area contributed by atoms with Crippen LogP contribution >= 0.6 is 11.3 Å². The van der Waals surface area contributed by atoms with Crippen molar-refractivity contribution in [1.29, 1.82) is 0 Å². The second-order valence-electron chi connectivity index (χ2n) is 4.37. The van der Waals surface area contributed by atoms with Gasteiger partial charge in [0.2, 0.25) is 0 Å². The normalized spacial score (nSPS) is 21.3. The Kier molecular flexibility index (Phi) is 2.88. The van der Waals surface area contributed by atoms with Crippen LogP contribution in [0.1, 0.15) is 41.8 Å². The Labute approximate surface area is 89.0 Å². The molecule has 0 radical (unpaired) electrons. The molecule has 0 aliphatic heterocycles. The second-order valence-corrected chi connectivity index (χ2v) is 5.48. The number of fused-ring (bicyclic) bond motifs is 1. The van der Waals surface area contributed by atoms with E-state index in [-0.39, 0.29) is 0 Å². The Morgan fingerprint density at radius 3 is 3.00 bits per heavy atom. The van der Waals surface area contributed by atoms with Crippen LogP contribution in [0.25, 0.3) is 0 Å². The quantitative estimate of drug-likeness (QED) is 0.814. The molecule has 0 bridgehead atoms. The van der Waals surface area contributed by atoms with Crippen LogP contribution in [0.4, 0.5) is 0 Å². The highest BCUT2D eigenvalue weighted by atomic mass is 32.1. The zero-order valence-electron chi connectivity index (χ0n) is 8.79. The zero-order chi connectivity index (χ0) is 10.1. The van der Waals surface area contributed by atoms with E-state index in [1.807, 2.05) is 11.3 Å². The van der Waals surface area contributed by atoms with Gasteiger partial charge in [-0.1, -0.05) is 13.8 Å². The lowest BCUT2D eigenvalue weighted by molar-refractivity contribution is 0.213. The highest BCUT2D eigenvalue weighted by Gasteiger charge is 2.22. The Morgan fingerprint density at radius 2 is 2.36 bits per heavy atom. The van der Waals surface area contributed by atoms with E-state index >= 15 is 0 Å². The summed E-state index contributed by atoms with van der Waals surface area (Å²) in [6, 6.07) is 0. The fourth-order valence-corrected chi connectivity index (χ4v) is 2.98. The van der Waals surface area contributed by atoms with Gasteiger partial charge in [-0.2, -0.15) is 0 Å². The van der Waals surface area contributed by atoms with Crippen LogP contribution in [-0.4, -0.2) is 16.7 Å². The Bertz CT molecular complexity index is 319. The molecule has 1 atom stereocenters. The van der Waals surface area contributed by atoms with Crippen molar-refractivity contribution in [3.05, 3.63) is 15.6 Å². The summed E-state index contributed by atoms with van der Waals surface area (Å²) in [5.41, 5.74) is 1.25. The van der Waals surface area contributed by atoms with Crippen molar-refractivity contribution in [2.75, 3.05) is 6.61 Å². The van der Waals surface area contributed by atoms with E-state index in [1.165, 1.54) is 15.6 Å². The molecule has 1 aromatic heterocycles. The van der Waals surface area contributed by atoms with Gasteiger partial charge in [0.1, 0.15) is 0 Å². The third-order valence-corrected chi connectivity index (χ3v) is 4.27. The highest BCUT2D eigenvalue weighted by Crippen LogP contribution is 2.32. The van der Waals surface area contributed by atoms with Crippen molar-refractivity contribution in [3.63, 3.8) is 0 Å². The molecule has 1 N–H and O–H groups in total. The molecule has 0 amide bonds. The minimum Gasteiger partial charge on any atom is -0.396 e. The molecule has 1 heterocycles. The van der Waals surface area contributed by atoms with Gasteiger partial charge in [0.15, 0.2) is 0 Å². The maximum Gasteiger partial charge on any atom is 0.0956 e. The maximum atomic E-state index is 9.11. The minimum atomic E-state index is 0.313. The molecule has 0 spiro atoms. The number of thiazole rings is 1. The van der Waals surface area contributed by atoms with Crippen LogP contribution in [0.15, 0.2) is 0 Å².